The van der Waals surface area contributed by atoms with Gasteiger partial charge in [0.25, 0.3) is 5.91 Å². The van der Waals surface area contributed by atoms with Crippen molar-refractivity contribution in [2.45, 2.75) is 38.6 Å². The van der Waals surface area contributed by atoms with E-state index in [-0.39, 0.29) is 17.4 Å². The number of nitrogens with two attached hydrogens (primary N) is 1. The third kappa shape index (κ3) is 2.60. The molecule has 1 saturated heterocycles. The second kappa shape index (κ2) is 6.59. The second-order valence-electron chi connectivity index (χ2n) is 6.48. The molecule has 3 rings (SSSR count). The Balaban J connectivity index is 2.25. The number of phenols is 1. The standard InChI is InChI=1S/C19H24N4O3/c1-4-16(25)15-10-13(11-23(15)5-2)19(12-7-6-8-14(24)9-12)17(26)22(3)18(20)21-19/h6-11,18,21,24H,4-5,20H2,1-3H3. The molecule has 4 N–H and O–H groups in total. The number of carbonyl (C=O) groups excluding carboxylic acids is 2. The number of rotatable bonds is 5. The minimum absolute atomic E-state index is 0.00672. The van der Waals surface area contributed by atoms with Gasteiger partial charge in [-0.05, 0) is 30.7 Å². The highest BCUT2D eigenvalue weighted by Crippen LogP contribution is 2.38. The summed E-state index contributed by atoms with van der Waals surface area (Å²) in [7, 11) is 1.62. The highest BCUT2D eigenvalue weighted by molar-refractivity contribution is 5.97. The van der Waals surface area contributed by atoms with Gasteiger partial charge in [0, 0.05) is 31.8 Å². The van der Waals surface area contributed by atoms with Crippen molar-refractivity contribution in [2.24, 2.45) is 5.73 Å². The Morgan fingerprint density at radius 2 is 2.04 bits per heavy atom. The molecule has 1 amide bonds. The Hall–Kier alpha value is -2.64. The van der Waals surface area contributed by atoms with Crippen molar-refractivity contribution in [1.82, 2.24) is 14.8 Å². The van der Waals surface area contributed by atoms with Gasteiger partial charge in [0.2, 0.25) is 0 Å². The molecule has 2 aromatic rings. The molecule has 2 atom stereocenters. The normalized spacial score (nSPS) is 22.8. The van der Waals surface area contributed by atoms with Gasteiger partial charge < -0.3 is 14.6 Å². The van der Waals surface area contributed by atoms with Gasteiger partial charge in [-0.2, -0.15) is 0 Å². The van der Waals surface area contributed by atoms with Crippen molar-refractivity contribution in [2.75, 3.05) is 7.05 Å². The minimum atomic E-state index is -1.25. The Morgan fingerprint density at radius 1 is 1.31 bits per heavy atom. The zero-order valence-corrected chi connectivity index (χ0v) is 15.2. The summed E-state index contributed by atoms with van der Waals surface area (Å²) in [5, 5.41) is 13.1. The third-order valence-electron chi connectivity index (χ3n) is 4.98. The average Bonchev–Trinajstić information content (AvgIpc) is 3.17. The van der Waals surface area contributed by atoms with Crippen molar-refractivity contribution in [3.05, 3.63) is 53.3 Å². The molecule has 1 fully saturated rings. The van der Waals surface area contributed by atoms with E-state index in [1.54, 1.807) is 37.4 Å². The van der Waals surface area contributed by atoms with Crippen LogP contribution in [0.1, 0.15) is 41.9 Å². The number of carbonyl (C=O) groups is 2. The van der Waals surface area contributed by atoms with Crippen molar-refractivity contribution >= 4 is 11.7 Å². The van der Waals surface area contributed by atoms with Crippen LogP contribution in [0.5, 0.6) is 5.75 Å². The molecule has 7 heteroatoms. The van der Waals surface area contributed by atoms with Crippen molar-refractivity contribution in [1.29, 1.82) is 0 Å². The fraction of sp³-hybridized carbons (Fsp3) is 0.368. The van der Waals surface area contributed by atoms with Crippen LogP contribution in [0.3, 0.4) is 0 Å². The lowest BCUT2D eigenvalue weighted by Crippen LogP contribution is -2.47. The summed E-state index contributed by atoms with van der Waals surface area (Å²) in [6, 6.07) is 8.28. The summed E-state index contributed by atoms with van der Waals surface area (Å²) in [4.78, 5) is 27.0. The maximum atomic E-state index is 13.2. The number of phenolic OH excluding ortho intramolecular Hbond substituents is 1. The number of aromatic nitrogens is 1. The molecule has 0 bridgehead atoms. The molecule has 1 aliphatic heterocycles. The highest BCUT2D eigenvalue weighted by atomic mass is 16.3. The molecular formula is C19H24N4O3. The molecule has 1 aliphatic rings. The first kappa shape index (κ1) is 18.2. The highest BCUT2D eigenvalue weighted by Gasteiger charge is 2.52. The molecule has 0 aliphatic carbocycles. The SMILES string of the molecule is CCC(=O)c1cc(C2(c3cccc(O)c3)NC(N)N(C)C2=O)cn1CC. The number of nitrogens with one attached hydrogen (secondary N) is 1. The fourth-order valence-corrected chi connectivity index (χ4v) is 3.48. The predicted molar refractivity (Wildman–Crippen MR) is 97.5 cm³/mol. The van der Waals surface area contributed by atoms with Crippen molar-refractivity contribution in [3.8, 4) is 5.75 Å². The van der Waals surface area contributed by atoms with Crippen LogP contribution in [0.25, 0.3) is 0 Å². The number of likely N-dealkylation sites (N-methyl/N-ethyl adjacent to an activating group) is 1. The number of amides is 1. The number of ketones is 1. The number of aryl methyl sites for hydroxylation is 1. The number of nitrogens with zero attached hydrogens (tertiary/aromatic N) is 2. The van der Waals surface area contributed by atoms with E-state index in [1.807, 2.05) is 24.6 Å². The van der Waals surface area contributed by atoms with Crippen molar-refractivity contribution < 1.29 is 14.7 Å². The van der Waals surface area contributed by atoms with E-state index in [2.05, 4.69) is 5.32 Å². The molecule has 2 unspecified atom stereocenters. The second-order valence-corrected chi connectivity index (χ2v) is 6.48. The Kier molecular flexibility index (Phi) is 4.60. The molecule has 138 valence electrons. The first-order valence-corrected chi connectivity index (χ1v) is 8.69. The minimum Gasteiger partial charge on any atom is -0.508 e. The van der Waals surface area contributed by atoms with Crippen LogP contribution >= 0.6 is 0 Å². The topological polar surface area (TPSA) is 101 Å². The summed E-state index contributed by atoms with van der Waals surface area (Å²) in [5.74, 6) is -0.175. The summed E-state index contributed by atoms with van der Waals surface area (Å²) in [6.45, 7) is 4.36. The van der Waals surface area contributed by atoms with Crippen LogP contribution in [0.2, 0.25) is 0 Å². The van der Waals surface area contributed by atoms with Crippen LogP contribution in [-0.4, -0.2) is 39.6 Å². The fourth-order valence-electron chi connectivity index (χ4n) is 3.48. The largest absolute Gasteiger partial charge is 0.508 e. The quantitative estimate of drug-likeness (QED) is 0.702. The molecule has 1 aromatic heterocycles. The van der Waals surface area contributed by atoms with E-state index >= 15 is 0 Å². The van der Waals surface area contributed by atoms with E-state index in [1.165, 1.54) is 4.90 Å². The monoisotopic (exact) mass is 356 g/mol. The molecule has 0 saturated carbocycles. The van der Waals surface area contributed by atoms with E-state index in [0.717, 1.165) is 0 Å². The van der Waals surface area contributed by atoms with Crippen LogP contribution in [0, 0.1) is 0 Å². The lowest BCUT2D eigenvalue weighted by molar-refractivity contribution is -0.131. The van der Waals surface area contributed by atoms with Gasteiger partial charge in [0.1, 0.15) is 12.0 Å². The number of aromatic hydroxyl groups is 1. The van der Waals surface area contributed by atoms with Crippen molar-refractivity contribution in [3.63, 3.8) is 0 Å². The molecule has 26 heavy (non-hydrogen) atoms. The van der Waals surface area contributed by atoms with Gasteiger partial charge in [-0.1, -0.05) is 19.1 Å². The van der Waals surface area contributed by atoms with Crippen LogP contribution < -0.4 is 11.1 Å². The van der Waals surface area contributed by atoms with Gasteiger partial charge >= 0.3 is 0 Å². The zero-order valence-electron chi connectivity index (χ0n) is 15.2. The summed E-state index contributed by atoms with van der Waals surface area (Å²) in [6.07, 6.45) is 1.51. The predicted octanol–water partition coefficient (Wildman–Crippen LogP) is 1.35. The van der Waals surface area contributed by atoms with Gasteiger partial charge in [-0.25, -0.2) is 0 Å². The lowest BCUT2D eigenvalue weighted by atomic mass is 9.83. The molecule has 2 heterocycles. The Morgan fingerprint density at radius 3 is 2.58 bits per heavy atom. The average molecular weight is 356 g/mol. The first-order chi connectivity index (χ1) is 12.3. The van der Waals surface area contributed by atoms with E-state index < -0.39 is 11.8 Å². The third-order valence-corrected chi connectivity index (χ3v) is 4.98. The summed E-state index contributed by atoms with van der Waals surface area (Å²) >= 11 is 0. The molecule has 0 spiro atoms. The van der Waals surface area contributed by atoms with E-state index in [0.29, 0.717) is 29.8 Å². The van der Waals surface area contributed by atoms with Crippen LogP contribution in [-0.2, 0) is 16.9 Å². The Bertz CT molecular complexity index is 860. The molecule has 7 nitrogen and oxygen atoms in total. The molecule has 1 aromatic carbocycles. The number of Topliss-reactive ketones (excluding diaryl/α,β-unsaturated/α-hetero) is 1. The maximum absolute atomic E-state index is 13.2. The van der Waals surface area contributed by atoms with E-state index in [4.69, 9.17) is 5.73 Å². The lowest BCUT2D eigenvalue weighted by Gasteiger charge is -2.27. The van der Waals surface area contributed by atoms with Gasteiger partial charge in [-0.15, -0.1) is 0 Å². The van der Waals surface area contributed by atoms with Gasteiger partial charge in [0.05, 0.1) is 5.69 Å². The number of benzene rings is 1. The Labute approximate surface area is 152 Å². The number of hydrogen-bond donors (Lipinski definition) is 3. The van der Waals surface area contributed by atoms with Crippen LogP contribution in [0.4, 0.5) is 0 Å². The summed E-state index contributed by atoms with van der Waals surface area (Å²) in [5.41, 5.74) is 6.59. The summed E-state index contributed by atoms with van der Waals surface area (Å²) < 4.78 is 1.84. The van der Waals surface area contributed by atoms with Gasteiger partial charge in [0.15, 0.2) is 11.3 Å². The maximum Gasteiger partial charge on any atom is 0.254 e. The van der Waals surface area contributed by atoms with Crippen LogP contribution in [0.15, 0.2) is 36.5 Å². The number of hydrogen-bond acceptors (Lipinski definition) is 5. The molecule has 0 radical (unpaired) electrons. The van der Waals surface area contributed by atoms with E-state index in [9.17, 15) is 14.7 Å². The smallest absolute Gasteiger partial charge is 0.254 e. The first-order valence-electron chi connectivity index (χ1n) is 8.69. The zero-order chi connectivity index (χ0) is 19.1. The van der Waals surface area contributed by atoms with Gasteiger partial charge in [-0.3, -0.25) is 20.6 Å². The molecular weight excluding hydrogens is 332 g/mol.